The second kappa shape index (κ2) is 6.75. The molecule has 0 saturated heterocycles. The molecule has 0 spiro atoms. The van der Waals surface area contributed by atoms with Crippen LogP contribution >= 0.6 is 11.3 Å². The molecule has 0 unspecified atom stereocenters. The summed E-state index contributed by atoms with van der Waals surface area (Å²) in [5.41, 5.74) is 3.78. The molecule has 19 heavy (non-hydrogen) atoms. The Labute approximate surface area is 115 Å². The first-order valence-corrected chi connectivity index (χ1v) is 6.71. The number of benzene rings is 1. The second-order valence-electron chi connectivity index (χ2n) is 3.55. The highest BCUT2D eigenvalue weighted by molar-refractivity contribution is 7.13. The van der Waals surface area contributed by atoms with Crippen LogP contribution in [0.2, 0.25) is 0 Å². The molecule has 0 bridgehead atoms. The Bertz CT molecular complexity index is 541. The fourth-order valence-corrected chi connectivity index (χ4v) is 1.96. The topological polar surface area (TPSA) is 55.7 Å². The van der Waals surface area contributed by atoms with Crippen molar-refractivity contribution in [2.45, 2.75) is 6.92 Å². The standard InChI is InChI=1S/C13H15N3O2S/c1-3-18-12-8-10(4-5-11(12)17-2)9-15-16-13-14-6-7-19-13/h4-9H,3H2,1-2H3,(H,14,16)/b15-9-. The molecule has 2 rings (SSSR count). The normalized spacial score (nSPS) is 10.6. The molecular weight excluding hydrogens is 262 g/mol. The summed E-state index contributed by atoms with van der Waals surface area (Å²) in [6, 6.07) is 5.65. The van der Waals surface area contributed by atoms with Crippen LogP contribution in [0.4, 0.5) is 5.13 Å². The molecule has 2 aromatic rings. The van der Waals surface area contributed by atoms with Crippen molar-refractivity contribution in [1.29, 1.82) is 0 Å². The summed E-state index contributed by atoms with van der Waals surface area (Å²) >= 11 is 1.49. The van der Waals surface area contributed by atoms with E-state index in [1.807, 2.05) is 30.5 Å². The number of hydrazone groups is 1. The maximum atomic E-state index is 5.50. The molecule has 0 atom stereocenters. The van der Waals surface area contributed by atoms with Gasteiger partial charge in [0.2, 0.25) is 5.13 Å². The van der Waals surface area contributed by atoms with Crippen LogP contribution in [-0.2, 0) is 0 Å². The third kappa shape index (κ3) is 3.69. The fourth-order valence-electron chi connectivity index (χ4n) is 1.48. The van der Waals surface area contributed by atoms with Crippen molar-refractivity contribution >= 4 is 22.7 Å². The molecule has 1 aromatic carbocycles. The summed E-state index contributed by atoms with van der Waals surface area (Å²) < 4.78 is 10.7. The number of nitrogens with zero attached hydrogens (tertiary/aromatic N) is 2. The molecule has 0 saturated carbocycles. The number of methoxy groups -OCH3 is 1. The summed E-state index contributed by atoms with van der Waals surface area (Å²) in [6.45, 7) is 2.53. The van der Waals surface area contributed by atoms with Gasteiger partial charge in [-0.05, 0) is 30.7 Å². The lowest BCUT2D eigenvalue weighted by molar-refractivity contribution is 0.311. The van der Waals surface area contributed by atoms with Crippen LogP contribution in [0.15, 0.2) is 34.9 Å². The molecule has 1 aromatic heterocycles. The number of aromatic nitrogens is 1. The van der Waals surface area contributed by atoms with Crippen LogP contribution in [-0.4, -0.2) is 24.9 Å². The first kappa shape index (κ1) is 13.4. The van der Waals surface area contributed by atoms with Crippen molar-refractivity contribution < 1.29 is 9.47 Å². The summed E-state index contributed by atoms with van der Waals surface area (Å²) in [5, 5.41) is 6.76. The Kier molecular flexibility index (Phi) is 4.74. The van der Waals surface area contributed by atoms with Crippen molar-refractivity contribution in [3.63, 3.8) is 0 Å². The van der Waals surface area contributed by atoms with E-state index >= 15 is 0 Å². The molecule has 0 aliphatic rings. The summed E-state index contributed by atoms with van der Waals surface area (Å²) in [6.07, 6.45) is 3.44. The summed E-state index contributed by atoms with van der Waals surface area (Å²) in [5.74, 6) is 1.43. The SMILES string of the molecule is CCOc1cc(/C=N\Nc2nccs2)ccc1OC. The number of hydrogen-bond acceptors (Lipinski definition) is 6. The number of rotatable bonds is 6. The van der Waals surface area contributed by atoms with E-state index in [0.29, 0.717) is 18.1 Å². The molecule has 6 heteroatoms. The Morgan fingerprint density at radius 2 is 2.32 bits per heavy atom. The second-order valence-corrected chi connectivity index (χ2v) is 4.45. The minimum Gasteiger partial charge on any atom is -0.493 e. The molecule has 0 aliphatic carbocycles. The van der Waals surface area contributed by atoms with Gasteiger partial charge < -0.3 is 9.47 Å². The average molecular weight is 277 g/mol. The highest BCUT2D eigenvalue weighted by atomic mass is 32.1. The Hall–Kier alpha value is -2.08. The zero-order valence-corrected chi connectivity index (χ0v) is 11.6. The molecule has 0 aliphatic heterocycles. The quantitative estimate of drug-likeness (QED) is 0.651. The molecule has 0 amide bonds. The van der Waals surface area contributed by atoms with Gasteiger partial charge in [0.15, 0.2) is 11.5 Å². The molecule has 5 nitrogen and oxygen atoms in total. The molecule has 1 heterocycles. The largest absolute Gasteiger partial charge is 0.493 e. The van der Waals surface area contributed by atoms with Gasteiger partial charge >= 0.3 is 0 Å². The Balaban J connectivity index is 2.07. The number of anilines is 1. The van der Waals surface area contributed by atoms with Crippen molar-refractivity contribution in [3.8, 4) is 11.5 Å². The van der Waals surface area contributed by atoms with E-state index in [4.69, 9.17) is 9.47 Å². The molecular formula is C13H15N3O2S. The maximum absolute atomic E-state index is 5.50. The average Bonchev–Trinajstić information content (AvgIpc) is 2.93. The van der Waals surface area contributed by atoms with Gasteiger partial charge in [0.05, 0.1) is 19.9 Å². The lowest BCUT2D eigenvalue weighted by Gasteiger charge is -2.09. The highest BCUT2D eigenvalue weighted by Gasteiger charge is 2.03. The van der Waals surface area contributed by atoms with Gasteiger partial charge in [-0.25, -0.2) is 4.98 Å². The van der Waals surface area contributed by atoms with Gasteiger partial charge in [0.25, 0.3) is 0 Å². The predicted octanol–water partition coefficient (Wildman–Crippen LogP) is 3.00. The van der Waals surface area contributed by atoms with Gasteiger partial charge in [-0.2, -0.15) is 5.10 Å². The van der Waals surface area contributed by atoms with E-state index in [9.17, 15) is 0 Å². The van der Waals surface area contributed by atoms with Crippen LogP contribution in [0.3, 0.4) is 0 Å². The van der Waals surface area contributed by atoms with E-state index in [2.05, 4.69) is 15.5 Å². The van der Waals surface area contributed by atoms with Crippen LogP contribution < -0.4 is 14.9 Å². The first-order valence-electron chi connectivity index (χ1n) is 5.83. The van der Waals surface area contributed by atoms with Crippen molar-refractivity contribution in [3.05, 3.63) is 35.3 Å². The van der Waals surface area contributed by atoms with E-state index in [1.165, 1.54) is 11.3 Å². The van der Waals surface area contributed by atoms with E-state index in [1.54, 1.807) is 19.5 Å². The van der Waals surface area contributed by atoms with Gasteiger partial charge in [-0.3, -0.25) is 5.43 Å². The Morgan fingerprint density at radius 3 is 3.00 bits per heavy atom. The van der Waals surface area contributed by atoms with E-state index in [0.717, 1.165) is 10.7 Å². The monoisotopic (exact) mass is 277 g/mol. The summed E-state index contributed by atoms with van der Waals surface area (Å²) in [7, 11) is 1.62. The van der Waals surface area contributed by atoms with Crippen molar-refractivity contribution in [2.24, 2.45) is 5.10 Å². The van der Waals surface area contributed by atoms with E-state index in [-0.39, 0.29) is 0 Å². The molecule has 1 N–H and O–H groups in total. The molecule has 0 fully saturated rings. The smallest absolute Gasteiger partial charge is 0.203 e. The zero-order chi connectivity index (χ0) is 13.5. The highest BCUT2D eigenvalue weighted by Crippen LogP contribution is 2.27. The minimum atomic E-state index is 0.592. The van der Waals surface area contributed by atoms with Crippen LogP contribution in [0, 0.1) is 0 Å². The Morgan fingerprint density at radius 1 is 1.42 bits per heavy atom. The maximum Gasteiger partial charge on any atom is 0.203 e. The first-order chi connectivity index (χ1) is 9.33. The van der Waals surface area contributed by atoms with Crippen molar-refractivity contribution in [2.75, 3.05) is 19.1 Å². The molecule has 100 valence electrons. The summed E-state index contributed by atoms with van der Waals surface area (Å²) in [4.78, 5) is 4.07. The minimum absolute atomic E-state index is 0.592. The van der Waals surface area contributed by atoms with Crippen LogP contribution in [0.1, 0.15) is 12.5 Å². The zero-order valence-electron chi connectivity index (χ0n) is 10.8. The lowest BCUT2D eigenvalue weighted by atomic mass is 10.2. The van der Waals surface area contributed by atoms with Gasteiger partial charge in [0.1, 0.15) is 0 Å². The number of nitrogens with one attached hydrogen (secondary N) is 1. The van der Waals surface area contributed by atoms with Gasteiger partial charge in [-0.15, -0.1) is 11.3 Å². The number of hydrogen-bond donors (Lipinski definition) is 1. The number of thiazole rings is 1. The van der Waals surface area contributed by atoms with Crippen LogP contribution in [0.5, 0.6) is 11.5 Å². The lowest BCUT2D eigenvalue weighted by Crippen LogP contribution is -1.97. The van der Waals surface area contributed by atoms with E-state index < -0.39 is 0 Å². The fraction of sp³-hybridized carbons (Fsp3) is 0.231. The predicted molar refractivity (Wildman–Crippen MR) is 77.5 cm³/mol. The van der Waals surface area contributed by atoms with Crippen molar-refractivity contribution in [1.82, 2.24) is 4.98 Å². The third-order valence-corrected chi connectivity index (χ3v) is 2.97. The van der Waals surface area contributed by atoms with Gasteiger partial charge in [-0.1, -0.05) is 0 Å². The van der Waals surface area contributed by atoms with Gasteiger partial charge in [0, 0.05) is 11.6 Å². The van der Waals surface area contributed by atoms with Crippen LogP contribution in [0.25, 0.3) is 0 Å². The third-order valence-electron chi connectivity index (χ3n) is 2.29. The molecule has 0 radical (unpaired) electrons. The number of ether oxygens (including phenoxy) is 2.